The summed E-state index contributed by atoms with van der Waals surface area (Å²) < 4.78 is 0. The Labute approximate surface area is 127 Å². The summed E-state index contributed by atoms with van der Waals surface area (Å²) in [5.41, 5.74) is 3.50. The average molecular weight is 292 g/mol. The summed E-state index contributed by atoms with van der Waals surface area (Å²) in [4.78, 5) is 27.5. The maximum atomic E-state index is 12.9. The number of pyridine rings is 1. The Kier molecular flexibility index (Phi) is 3.51. The van der Waals surface area contributed by atoms with E-state index in [9.17, 15) is 9.59 Å². The monoisotopic (exact) mass is 292 g/mol. The quantitative estimate of drug-likeness (QED) is 0.759. The molecule has 0 aliphatic carbocycles. The Morgan fingerprint density at radius 2 is 1.73 bits per heavy atom. The van der Waals surface area contributed by atoms with Crippen molar-refractivity contribution in [1.82, 2.24) is 4.98 Å². The molecule has 0 aliphatic rings. The van der Waals surface area contributed by atoms with Crippen LogP contribution in [0.15, 0.2) is 53.3 Å². The summed E-state index contributed by atoms with van der Waals surface area (Å²) in [6.45, 7) is 3.32. The topological polar surface area (TPSA) is 62.0 Å². The zero-order chi connectivity index (χ0) is 15.7. The van der Waals surface area contributed by atoms with Gasteiger partial charge in [-0.15, -0.1) is 0 Å². The molecule has 2 N–H and O–H groups in total. The van der Waals surface area contributed by atoms with E-state index >= 15 is 0 Å². The molecule has 0 saturated heterocycles. The van der Waals surface area contributed by atoms with Crippen molar-refractivity contribution >= 4 is 22.5 Å². The molecule has 0 unspecified atom stereocenters. The number of carbonyl (C=O) groups excluding carboxylic acids is 1. The Morgan fingerprint density at radius 3 is 2.50 bits per heavy atom. The maximum absolute atomic E-state index is 12.9. The molecule has 4 nitrogen and oxygen atoms in total. The van der Waals surface area contributed by atoms with Gasteiger partial charge in [-0.25, -0.2) is 0 Å². The minimum Gasteiger partial charge on any atom is -0.358 e. The fourth-order valence-corrected chi connectivity index (χ4v) is 2.68. The van der Waals surface area contributed by atoms with Crippen molar-refractivity contribution in [1.29, 1.82) is 0 Å². The first kappa shape index (κ1) is 14.1. The zero-order valence-corrected chi connectivity index (χ0v) is 12.4. The van der Waals surface area contributed by atoms with Gasteiger partial charge < -0.3 is 10.3 Å². The number of hydrogen-bond acceptors (Lipinski definition) is 2. The van der Waals surface area contributed by atoms with Crippen LogP contribution in [0.5, 0.6) is 0 Å². The highest BCUT2D eigenvalue weighted by Gasteiger charge is 2.14. The van der Waals surface area contributed by atoms with Gasteiger partial charge in [0.25, 0.3) is 0 Å². The van der Waals surface area contributed by atoms with Crippen LogP contribution in [0.1, 0.15) is 12.6 Å². The van der Waals surface area contributed by atoms with E-state index < -0.39 is 0 Å². The fraction of sp³-hybridized carbons (Fsp3) is 0.111. The lowest BCUT2D eigenvalue weighted by Crippen LogP contribution is -2.12. The van der Waals surface area contributed by atoms with Crippen molar-refractivity contribution in [2.24, 2.45) is 0 Å². The standard InChI is InChI=1S/C18H16N2O2/c1-11-17(13-7-3-5-9-15(13)20-12(2)21)18(22)14-8-4-6-10-16(14)19-11/h3-10H,1-2H3,(H,19,22)(H,20,21). The van der Waals surface area contributed by atoms with Crippen molar-refractivity contribution < 1.29 is 4.79 Å². The summed E-state index contributed by atoms with van der Waals surface area (Å²) in [7, 11) is 0. The molecule has 2 aromatic carbocycles. The predicted octanol–water partition coefficient (Wildman–Crippen LogP) is 3.46. The Balaban J connectivity index is 2.32. The molecule has 1 heterocycles. The molecule has 0 aliphatic heterocycles. The highest BCUT2D eigenvalue weighted by Crippen LogP contribution is 2.28. The van der Waals surface area contributed by atoms with E-state index in [1.165, 1.54) is 6.92 Å². The third kappa shape index (κ3) is 2.39. The minimum absolute atomic E-state index is 0.0374. The number of nitrogens with one attached hydrogen (secondary N) is 2. The molecule has 0 bridgehead atoms. The smallest absolute Gasteiger partial charge is 0.221 e. The molecular weight excluding hydrogens is 276 g/mol. The van der Waals surface area contributed by atoms with E-state index in [1.807, 2.05) is 43.3 Å². The number of rotatable bonds is 2. The van der Waals surface area contributed by atoms with Gasteiger partial charge in [0, 0.05) is 34.8 Å². The first-order valence-electron chi connectivity index (χ1n) is 7.06. The summed E-state index contributed by atoms with van der Waals surface area (Å²) >= 11 is 0. The normalized spacial score (nSPS) is 10.6. The number of anilines is 1. The summed E-state index contributed by atoms with van der Waals surface area (Å²) in [6.07, 6.45) is 0. The first-order valence-corrected chi connectivity index (χ1v) is 7.06. The van der Waals surface area contributed by atoms with Gasteiger partial charge in [0.1, 0.15) is 0 Å². The van der Waals surface area contributed by atoms with Gasteiger partial charge in [-0.3, -0.25) is 9.59 Å². The van der Waals surface area contributed by atoms with E-state index in [0.717, 1.165) is 16.8 Å². The van der Waals surface area contributed by atoms with Gasteiger partial charge in [-0.1, -0.05) is 30.3 Å². The van der Waals surface area contributed by atoms with Crippen LogP contribution >= 0.6 is 0 Å². The van der Waals surface area contributed by atoms with Crippen molar-refractivity contribution in [3.05, 3.63) is 64.4 Å². The van der Waals surface area contributed by atoms with Gasteiger partial charge in [-0.05, 0) is 25.1 Å². The maximum Gasteiger partial charge on any atom is 0.221 e. The molecule has 3 aromatic rings. The van der Waals surface area contributed by atoms with E-state index in [4.69, 9.17) is 0 Å². The van der Waals surface area contributed by atoms with Gasteiger partial charge in [0.2, 0.25) is 5.91 Å². The van der Waals surface area contributed by atoms with Crippen molar-refractivity contribution in [2.75, 3.05) is 5.32 Å². The Bertz CT molecular complexity index is 926. The third-order valence-corrected chi connectivity index (χ3v) is 3.60. The van der Waals surface area contributed by atoms with E-state index in [0.29, 0.717) is 16.6 Å². The molecule has 0 atom stereocenters. The lowest BCUT2D eigenvalue weighted by molar-refractivity contribution is -0.114. The van der Waals surface area contributed by atoms with Crippen LogP contribution in [0.25, 0.3) is 22.0 Å². The lowest BCUT2D eigenvalue weighted by Gasteiger charge is -2.13. The summed E-state index contributed by atoms with van der Waals surface area (Å²) in [5, 5.41) is 3.42. The molecule has 0 radical (unpaired) electrons. The fourth-order valence-electron chi connectivity index (χ4n) is 2.68. The SMILES string of the molecule is CC(=O)Nc1ccccc1-c1c(C)[nH]c2ccccc2c1=O. The molecule has 0 saturated carbocycles. The van der Waals surface area contributed by atoms with Gasteiger partial charge >= 0.3 is 0 Å². The van der Waals surface area contributed by atoms with Crippen LogP contribution < -0.4 is 10.7 Å². The van der Waals surface area contributed by atoms with E-state index in [2.05, 4.69) is 10.3 Å². The van der Waals surface area contributed by atoms with Crippen LogP contribution in [0.2, 0.25) is 0 Å². The van der Waals surface area contributed by atoms with Gasteiger partial charge in [0.05, 0.1) is 5.56 Å². The van der Waals surface area contributed by atoms with Crippen molar-refractivity contribution in [2.45, 2.75) is 13.8 Å². The molecule has 22 heavy (non-hydrogen) atoms. The highest BCUT2D eigenvalue weighted by atomic mass is 16.1. The second-order valence-electron chi connectivity index (χ2n) is 5.23. The minimum atomic E-state index is -0.165. The van der Waals surface area contributed by atoms with Crippen LogP contribution in [0, 0.1) is 6.92 Å². The molecule has 1 amide bonds. The van der Waals surface area contributed by atoms with E-state index in [1.54, 1.807) is 12.1 Å². The molecular formula is C18H16N2O2. The number of carbonyl (C=O) groups is 1. The zero-order valence-electron chi connectivity index (χ0n) is 12.4. The van der Waals surface area contributed by atoms with Crippen LogP contribution in [-0.4, -0.2) is 10.9 Å². The first-order chi connectivity index (χ1) is 10.6. The number of amides is 1. The second-order valence-corrected chi connectivity index (χ2v) is 5.23. The molecule has 1 aromatic heterocycles. The largest absolute Gasteiger partial charge is 0.358 e. The molecule has 4 heteroatoms. The third-order valence-electron chi connectivity index (χ3n) is 3.60. The number of aryl methyl sites for hydroxylation is 1. The van der Waals surface area contributed by atoms with Crippen molar-refractivity contribution in [3.63, 3.8) is 0 Å². The Morgan fingerprint density at radius 1 is 1.05 bits per heavy atom. The Hall–Kier alpha value is -2.88. The summed E-state index contributed by atoms with van der Waals surface area (Å²) in [6, 6.07) is 14.8. The van der Waals surface area contributed by atoms with Crippen LogP contribution in [0.3, 0.4) is 0 Å². The van der Waals surface area contributed by atoms with Gasteiger partial charge in [0.15, 0.2) is 5.43 Å². The molecule has 3 rings (SSSR count). The average Bonchev–Trinajstić information content (AvgIpc) is 2.48. The number of hydrogen-bond donors (Lipinski definition) is 2. The van der Waals surface area contributed by atoms with Crippen molar-refractivity contribution in [3.8, 4) is 11.1 Å². The van der Waals surface area contributed by atoms with E-state index in [-0.39, 0.29) is 11.3 Å². The lowest BCUT2D eigenvalue weighted by atomic mass is 9.99. The number of para-hydroxylation sites is 2. The van der Waals surface area contributed by atoms with Crippen LogP contribution in [-0.2, 0) is 4.79 Å². The van der Waals surface area contributed by atoms with Crippen LogP contribution in [0.4, 0.5) is 5.69 Å². The summed E-state index contributed by atoms with van der Waals surface area (Å²) in [5.74, 6) is -0.165. The number of aromatic nitrogens is 1. The number of benzene rings is 2. The number of H-pyrrole nitrogens is 1. The second kappa shape index (κ2) is 5.48. The van der Waals surface area contributed by atoms with Gasteiger partial charge in [-0.2, -0.15) is 0 Å². The highest BCUT2D eigenvalue weighted by molar-refractivity contribution is 5.95. The molecule has 0 spiro atoms. The predicted molar refractivity (Wildman–Crippen MR) is 89.0 cm³/mol. The number of fused-ring (bicyclic) bond motifs is 1. The molecule has 110 valence electrons. The molecule has 0 fully saturated rings. The number of aromatic amines is 1.